The molecule has 0 aliphatic rings. The molecule has 21 heavy (non-hydrogen) atoms. The molecule has 4 nitrogen and oxygen atoms in total. The summed E-state index contributed by atoms with van der Waals surface area (Å²) in [4.78, 5) is 12.3. The van der Waals surface area contributed by atoms with Gasteiger partial charge in [-0.2, -0.15) is 0 Å². The van der Waals surface area contributed by atoms with Gasteiger partial charge in [0.05, 0.1) is 18.2 Å². The molecule has 2 aromatic rings. The second-order valence-electron chi connectivity index (χ2n) is 5.35. The molecule has 1 atom stereocenters. The molecule has 1 heterocycles. The van der Waals surface area contributed by atoms with E-state index >= 15 is 0 Å². The van der Waals surface area contributed by atoms with Crippen molar-refractivity contribution >= 4 is 5.91 Å². The van der Waals surface area contributed by atoms with Gasteiger partial charge in [-0.3, -0.25) is 4.79 Å². The first kappa shape index (κ1) is 15.3. The lowest BCUT2D eigenvalue weighted by Gasteiger charge is -2.25. The summed E-state index contributed by atoms with van der Waals surface area (Å²) in [6, 6.07) is 9.45. The Labute approximate surface area is 122 Å². The van der Waals surface area contributed by atoms with Crippen LogP contribution in [0.15, 0.2) is 47.1 Å². The monoisotopic (exact) mass is 291 g/mol. The molecule has 0 radical (unpaired) electrons. The van der Waals surface area contributed by atoms with Crippen molar-refractivity contribution in [2.24, 2.45) is 0 Å². The average Bonchev–Trinajstić information content (AvgIpc) is 2.98. The van der Waals surface area contributed by atoms with Crippen LogP contribution in [0, 0.1) is 5.82 Å². The van der Waals surface area contributed by atoms with Crippen molar-refractivity contribution in [1.29, 1.82) is 0 Å². The third kappa shape index (κ3) is 3.31. The fourth-order valence-electron chi connectivity index (χ4n) is 2.08. The first-order valence-electron chi connectivity index (χ1n) is 6.67. The van der Waals surface area contributed by atoms with Crippen molar-refractivity contribution in [3.8, 4) is 0 Å². The SMILES string of the molecule is CC(C)(C(=O)NC[C@H](O)c1ccco1)c1ccccc1F. The predicted octanol–water partition coefficient (Wildman–Crippen LogP) is 2.55. The zero-order chi connectivity index (χ0) is 15.5. The number of aliphatic hydroxyl groups excluding tert-OH is 1. The summed E-state index contributed by atoms with van der Waals surface area (Å²) in [6.45, 7) is 3.28. The number of nitrogens with one attached hydrogen (secondary N) is 1. The molecule has 5 heteroatoms. The van der Waals surface area contributed by atoms with Crippen molar-refractivity contribution in [2.45, 2.75) is 25.4 Å². The van der Waals surface area contributed by atoms with Gasteiger partial charge in [-0.1, -0.05) is 18.2 Å². The van der Waals surface area contributed by atoms with Crippen LogP contribution >= 0.6 is 0 Å². The molecular formula is C16H18FNO3. The van der Waals surface area contributed by atoms with Gasteiger partial charge in [0.1, 0.15) is 17.7 Å². The average molecular weight is 291 g/mol. The normalized spacial score (nSPS) is 13.0. The third-order valence-corrected chi connectivity index (χ3v) is 3.44. The Morgan fingerprint density at radius 3 is 2.67 bits per heavy atom. The molecule has 0 fully saturated rings. The topological polar surface area (TPSA) is 62.5 Å². The highest BCUT2D eigenvalue weighted by molar-refractivity contribution is 5.87. The highest BCUT2D eigenvalue weighted by atomic mass is 19.1. The Bertz CT molecular complexity index is 608. The van der Waals surface area contributed by atoms with Gasteiger partial charge in [0, 0.05) is 5.56 Å². The van der Waals surface area contributed by atoms with Gasteiger partial charge in [0.25, 0.3) is 0 Å². The first-order valence-corrected chi connectivity index (χ1v) is 6.67. The Balaban J connectivity index is 2.04. The lowest BCUT2D eigenvalue weighted by atomic mass is 9.83. The van der Waals surface area contributed by atoms with Crippen molar-refractivity contribution in [1.82, 2.24) is 5.32 Å². The molecule has 1 aromatic carbocycles. The molecule has 0 spiro atoms. The summed E-state index contributed by atoms with van der Waals surface area (Å²) in [7, 11) is 0. The molecule has 0 aliphatic carbocycles. The Morgan fingerprint density at radius 1 is 1.33 bits per heavy atom. The molecule has 112 valence electrons. The molecule has 2 N–H and O–H groups in total. The fourth-order valence-corrected chi connectivity index (χ4v) is 2.08. The van der Waals surface area contributed by atoms with Crippen LogP contribution in [-0.4, -0.2) is 17.6 Å². The second-order valence-corrected chi connectivity index (χ2v) is 5.35. The highest BCUT2D eigenvalue weighted by Gasteiger charge is 2.32. The molecule has 0 unspecified atom stereocenters. The van der Waals surface area contributed by atoms with Crippen LogP contribution in [0.4, 0.5) is 4.39 Å². The minimum atomic E-state index is -1.03. The number of carbonyl (C=O) groups excluding carboxylic acids is 1. The van der Waals surface area contributed by atoms with Gasteiger partial charge in [-0.25, -0.2) is 4.39 Å². The lowest BCUT2D eigenvalue weighted by molar-refractivity contribution is -0.126. The minimum absolute atomic E-state index is 0.00420. The minimum Gasteiger partial charge on any atom is -0.467 e. The van der Waals surface area contributed by atoms with E-state index in [-0.39, 0.29) is 12.5 Å². The first-order chi connectivity index (χ1) is 9.93. The zero-order valence-electron chi connectivity index (χ0n) is 12.0. The van der Waals surface area contributed by atoms with Gasteiger partial charge in [0.2, 0.25) is 5.91 Å². The van der Waals surface area contributed by atoms with Crippen molar-refractivity contribution < 1.29 is 18.7 Å². The zero-order valence-corrected chi connectivity index (χ0v) is 12.0. The molecule has 0 saturated heterocycles. The van der Waals surface area contributed by atoms with E-state index in [0.717, 1.165) is 0 Å². The van der Waals surface area contributed by atoms with E-state index in [1.807, 2.05) is 0 Å². The van der Waals surface area contributed by atoms with E-state index in [9.17, 15) is 14.3 Å². The van der Waals surface area contributed by atoms with Gasteiger partial charge >= 0.3 is 0 Å². The molecule has 0 saturated carbocycles. The largest absolute Gasteiger partial charge is 0.467 e. The summed E-state index contributed by atoms with van der Waals surface area (Å²) in [6.07, 6.45) is 0.518. The number of benzene rings is 1. The van der Waals surface area contributed by atoms with Gasteiger partial charge in [0.15, 0.2) is 0 Å². The van der Waals surface area contributed by atoms with Crippen LogP contribution in [-0.2, 0) is 10.2 Å². The number of furan rings is 1. The molecule has 0 bridgehead atoms. The van der Waals surface area contributed by atoms with Crippen LogP contribution in [0.25, 0.3) is 0 Å². The maximum Gasteiger partial charge on any atom is 0.230 e. The smallest absolute Gasteiger partial charge is 0.230 e. The molecule has 2 rings (SSSR count). The molecular weight excluding hydrogens is 273 g/mol. The van der Waals surface area contributed by atoms with E-state index in [1.54, 1.807) is 44.2 Å². The standard InChI is InChI=1S/C16H18FNO3/c1-16(2,11-6-3-4-7-12(11)17)15(20)18-10-13(19)14-8-5-9-21-14/h3-9,13,19H,10H2,1-2H3,(H,18,20)/t13-/m0/s1. The van der Waals surface area contributed by atoms with Crippen molar-refractivity contribution in [3.05, 3.63) is 59.8 Å². The Morgan fingerprint density at radius 2 is 2.05 bits per heavy atom. The van der Waals surface area contributed by atoms with E-state index < -0.39 is 17.3 Å². The molecule has 0 aliphatic heterocycles. The van der Waals surface area contributed by atoms with E-state index in [4.69, 9.17) is 4.42 Å². The number of hydrogen-bond acceptors (Lipinski definition) is 3. The van der Waals surface area contributed by atoms with Gasteiger partial charge < -0.3 is 14.8 Å². The maximum atomic E-state index is 13.8. The number of carbonyl (C=O) groups is 1. The Kier molecular flexibility index (Phi) is 4.43. The predicted molar refractivity (Wildman–Crippen MR) is 76.1 cm³/mol. The number of hydrogen-bond donors (Lipinski definition) is 2. The Hall–Kier alpha value is -2.14. The van der Waals surface area contributed by atoms with Crippen LogP contribution in [0.2, 0.25) is 0 Å². The van der Waals surface area contributed by atoms with Crippen LogP contribution in [0.1, 0.15) is 31.3 Å². The van der Waals surface area contributed by atoms with E-state index in [0.29, 0.717) is 11.3 Å². The molecule has 1 aromatic heterocycles. The highest BCUT2D eigenvalue weighted by Crippen LogP contribution is 2.26. The van der Waals surface area contributed by atoms with Crippen LogP contribution < -0.4 is 5.32 Å². The summed E-state index contributed by atoms with van der Waals surface area (Å²) < 4.78 is 18.9. The van der Waals surface area contributed by atoms with Crippen LogP contribution in [0.5, 0.6) is 0 Å². The third-order valence-electron chi connectivity index (χ3n) is 3.44. The molecule has 1 amide bonds. The van der Waals surface area contributed by atoms with Gasteiger partial charge in [-0.05, 0) is 32.0 Å². The van der Waals surface area contributed by atoms with Crippen LogP contribution in [0.3, 0.4) is 0 Å². The second kappa shape index (κ2) is 6.10. The maximum absolute atomic E-state index is 13.8. The lowest BCUT2D eigenvalue weighted by Crippen LogP contribution is -2.42. The number of aliphatic hydroxyl groups is 1. The van der Waals surface area contributed by atoms with Crippen molar-refractivity contribution in [3.63, 3.8) is 0 Å². The van der Waals surface area contributed by atoms with E-state index in [2.05, 4.69) is 5.32 Å². The van der Waals surface area contributed by atoms with Crippen molar-refractivity contribution in [2.75, 3.05) is 6.54 Å². The number of amides is 1. The number of halogens is 1. The summed E-state index contributed by atoms with van der Waals surface area (Å²) >= 11 is 0. The summed E-state index contributed by atoms with van der Waals surface area (Å²) in [5, 5.41) is 12.5. The summed E-state index contributed by atoms with van der Waals surface area (Å²) in [5.41, 5.74) is -0.719. The fraction of sp³-hybridized carbons (Fsp3) is 0.312. The summed E-state index contributed by atoms with van der Waals surface area (Å²) in [5.74, 6) is -0.415. The number of rotatable bonds is 5. The van der Waals surface area contributed by atoms with Gasteiger partial charge in [-0.15, -0.1) is 0 Å². The quantitative estimate of drug-likeness (QED) is 0.890. The van der Waals surface area contributed by atoms with E-state index in [1.165, 1.54) is 12.3 Å².